The Kier molecular flexibility index (Phi) is 4.93. The van der Waals surface area contributed by atoms with Crippen LogP contribution in [0.15, 0.2) is 65.4 Å². The van der Waals surface area contributed by atoms with Crippen LogP contribution in [0.2, 0.25) is 0 Å². The summed E-state index contributed by atoms with van der Waals surface area (Å²) in [5.41, 5.74) is 11.1. The van der Waals surface area contributed by atoms with Crippen molar-refractivity contribution in [3.8, 4) is 16.5 Å². The van der Waals surface area contributed by atoms with Crippen molar-refractivity contribution in [2.45, 2.75) is 19.3 Å². The lowest BCUT2D eigenvalue weighted by atomic mass is 9.88. The zero-order valence-corrected chi connectivity index (χ0v) is 17.0. The van der Waals surface area contributed by atoms with Crippen LogP contribution in [0.25, 0.3) is 27.3 Å². The van der Waals surface area contributed by atoms with Gasteiger partial charge in [-0.25, -0.2) is 0 Å². The minimum atomic E-state index is 0.581. The number of hydrogen-bond acceptors (Lipinski definition) is 4. The molecule has 0 saturated heterocycles. The lowest BCUT2D eigenvalue weighted by Gasteiger charge is -2.19. The van der Waals surface area contributed by atoms with Gasteiger partial charge < -0.3 is 10.6 Å². The van der Waals surface area contributed by atoms with E-state index in [1.165, 1.54) is 38.9 Å². The van der Waals surface area contributed by atoms with Gasteiger partial charge in [0.2, 0.25) is 0 Å². The highest BCUT2D eigenvalue weighted by Crippen LogP contribution is 2.34. The van der Waals surface area contributed by atoms with Gasteiger partial charge in [-0.2, -0.15) is 5.26 Å². The Balaban J connectivity index is 1.64. The molecule has 4 heteroatoms. The zero-order chi connectivity index (χ0) is 19.7. The number of nitrogens with zero attached hydrogens (tertiary/aromatic N) is 2. The number of thiophene rings is 1. The molecular formula is C24H23N3S. The van der Waals surface area contributed by atoms with Gasteiger partial charge in [0, 0.05) is 35.2 Å². The Hall–Kier alpha value is -3.03. The molecule has 3 aromatic rings. The average molecular weight is 386 g/mol. The first-order valence-corrected chi connectivity index (χ1v) is 10.3. The molecular weight excluding hydrogens is 362 g/mol. The molecule has 3 nitrogen and oxygen atoms in total. The molecule has 1 heterocycles. The number of fused-ring (bicyclic) bond motifs is 1. The highest BCUT2D eigenvalue weighted by Gasteiger charge is 2.15. The Morgan fingerprint density at radius 3 is 2.50 bits per heavy atom. The third-order valence-electron chi connectivity index (χ3n) is 5.29. The molecule has 1 saturated carbocycles. The second-order valence-corrected chi connectivity index (χ2v) is 8.50. The van der Waals surface area contributed by atoms with Crippen LogP contribution in [0.4, 0.5) is 5.69 Å². The summed E-state index contributed by atoms with van der Waals surface area (Å²) in [6, 6.07) is 19.5. The van der Waals surface area contributed by atoms with E-state index in [9.17, 15) is 5.26 Å². The first-order valence-electron chi connectivity index (χ1n) is 9.46. The van der Waals surface area contributed by atoms with Crippen molar-refractivity contribution in [3.63, 3.8) is 0 Å². The zero-order valence-electron chi connectivity index (χ0n) is 16.2. The van der Waals surface area contributed by atoms with Crippen LogP contribution in [0, 0.1) is 11.3 Å². The van der Waals surface area contributed by atoms with Gasteiger partial charge in [0.15, 0.2) is 0 Å². The van der Waals surface area contributed by atoms with E-state index in [1.807, 2.05) is 6.08 Å². The Morgan fingerprint density at radius 2 is 1.82 bits per heavy atom. The van der Waals surface area contributed by atoms with Gasteiger partial charge in [0.1, 0.15) is 6.07 Å². The monoisotopic (exact) mass is 385 g/mol. The highest BCUT2D eigenvalue weighted by molar-refractivity contribution is 7.16. The van der Waals surface area contributed by atoms with Crippen molar-refractivity contribution in [1.29, 1.82) is 5.26 Å². The summed E-state index contributed by atoms with van der Waals surface area (Å²) in [4.78, 5) is 4.36. The largest absolute Gasteiger partial charge is 0.398 e. The Bertz CT molecular complexity index is 1140. The number of rotatable bonds is 4. The minimum absolute atomic E-state index is 0.581. The third kappa shape index (κ3) is 3.54. The molecule has 0 spiro atoms. The van der Waals surface area contributed by atoms with Crippen LogP contribution in [-0.2, 0) is 0 Å². The number of anilines is 1. The van der Waals surface area contributed by atoms with Gasteiger partial charge in [-0.3, -0.25) is 0 Å². The van der Waals surface area contributed by atoms with Gasteiger partial charge in [0.05, 0.1) is 5.57 Å². The number of nitrogens with two attached hydrogens (primary N) is 1. The van der Waals surface area contributed by atoms with Crippen LogP contribution in [0.5, 0.6) is 0 Å². The predicted molar refractivity (Wildman–Crippen MR) is 120 cm³/mol. The fourth-order valence-electron chi connectivity index (χ4n) is 3.38. The average Bonchev–Trinajstić information content (AvgIpc) is 3.12. The fraction of sp³-hybridized carbons (Fsp3) is 0.208. The van der Waals surface area contributed by atoms with Crippen molar-refractivity contribution in [1.82, 2.24) is 0 Å². The lowest BCUT2D eigenvalue weighted by molar-refractivity contribution is 0.652. The van der Waals surface area contributed by atoms with E-state index < -0.39 is 0 Å². The summed E-state index contributed by atoms with van der Waals surface area (Å²) >= 11 is 1.69. The summed E-state index contributed by atoms with van der Waals surface area (Å²) in [7, 11) is 4.11. The highest BCUT2D eigenvalue weighted by atomic mass is 32.1. The molecule has 140 valence electrons. The molecule has 1 fully saturated rings. The van der Waals surface area contributed by atoms with Gasteiger partial charge in [-0.15, -0.1) is 11.3 Å². The molecule has 1 aromatic heterocycles. The van der Waals surface area contributed by atoms with Gasteiger partial charge in [0.25, 0.3) is 0 Å². The number of allylic oxidation sites excluding steroid dienone is 2. The maximum Gasteiger partial charge on any atom is 0.101 e. The van der Waals surface area contributed by atoms with Crippen LogP contribution in [0.3, 0.4) is 0 Å². The van der Waals surface area contributed by atoms with Crippen molar-refractivity contribution in [2.75, 3.05) is 19.0 Å². The smallest absolute Gasteiger partial charge is 0.101 e. The van der Waals surface area contributed by atoms with E-state index in [2.05, 4.69) is 73.6 Å². The van der Waals surface area contributed by atoms with Crippen molar-refractivity contribution < 1.29 is 0 Å². The first kappa shape index (κ1) is 18.3. The molecule has 1 aliphatic carbocycles. The SMILES string of the molecule is CN(C)c1ccc2cc(-c3ccc(/C=C(\C#N)C(N)=C4CCC4)s3)ccc2c1. The molecule has 2 aromatic carbocycles. The number of benzene rings is 2. The Labute approximate surface area is 170 Å². The molecule has 0 radical (unpaired) electrons. The molecule has 0 unspecified atom stereocenters. The molecule has 0 atom stereocenters. The summed E-state index contributed by atoms with van der Waals surface area (Å²) < 4.78 is 0. The van der Waals surface area contributed by atoms with Crippen LogP contribution < -0.4 is 10.6 Å². The second-order valence-electron chi connectivity index (χ2n) is 7.38. The Morgan fingerprint density at radius 1 is 1.07 bits per heavy atom. The fourth-order valence-corrected chi connectivity index (χ4v) is 4.32. The summed E-state index contributed by atoms with van der Waals surface area (Å²) in [6.07, 6.45) is 5.13. The molecule has 0 amide bonds. The second kappa shape index (κ2) is 7.53. The van der Waals surface area contributed by atoms with E-state index in [-0.39, 0.29) is 0 Å². The maximum atomic E-state index is 9.50. The third-order valence-corrected chi connectivity index (χ3v) is 6.37. The molecule has 2 N–H and O–H groups in total. The first-order chi connectivity index (χ1) is 13.5. The normalized spacial score (nSPS) is 13.9. The van der Waals surface area contributed by atoms with Crippen molar-refractivity contribution in [2.24, 2.45) is 5.73 Å². The van der Waals surface area contributed by atoms with Crippen molar-refractivity contribution >= 4 is 33.9 Å². The van der Waals surface area contributed by atoms with E-state index in [0.717, 1.165) is 17.7 Å². The summed E-state index contributed by atoms with van der Waals surface area (Å²) in [5, 5.41) is 12.0. The molecule has 28 heavy (non-hydrogen) atoms. The molecule has 0 aliphatic heterocycles. The topological polar surface area (TPSA) is 53.0 Å². The number of nitriles is 1. The van der Waals surface area contributed by atoms with Gasteiger partial charge >= 0.3 is 0 Å². The molecule has 4 rings (SSSR count). The number of hydrogen-bond donors (Lipinski definition) is 1. The van der Waals surface area contributed by atoms with E-state index in [0.29, 0.717) is 11.3 Å². The van der Waals surface area contributed by atoms with E-state index in [1.54, 1.807) is 11.3 Å². The summed E-state index contributed by atoms with van der Waals surface area (Å²) in [5.74, 6) is 0. The maximum absolute atomic E-state index is 9.50. The van der Waals surface area contributed by atoms with E-state index in [4.69, 9.17) is 5.73 Å². The van der Waals surface area contributed by atoms with Gasteiger partial charge in [-0.05, 0) is 77.6 Å². The molecule has 0 bridgehead atoms. The van der Waals surface area contributed by atoms with Gasteiger partial charge in [-0.1, -0.05) is 18.2 Å². The minimum Gasteiger partial charge on any atom is -0.398 e. The summed E-state index contributed by atoms with van der Waals surface area (Å²) in [6.45, 7) is 0. The van der Waals surface area contributed by atoms with Crippen LogP contribution in [-0.4, -0.2) is 14.1 Å². The molecule has 1 aliphatic rings. The quantitative estimate of drug-likeness (QED) is 0.566. The van der Waals surface area contributed by atoms with Crippen molar-refractivity contribution in [3.05, 3.63) is 70.3 Å². The van der Waals surface area contributed by atoms with Crippen LogP contribution in [0.1, 0.15) is 24.1 Å². The predicted octanol–water partition coefficient (Wildman–Crippen LogP) is 5.94. The van der Waals surface area contributed by atoms with Crippen LogP contribution >= 0.6 is 11.3 Å². The standard InChI is InChI=1S/C24H23N3S/c1-27(2)21-9-8-17-12-19(7-6-18(17)13-21)23-11-10-22(28-23)14-20(15-25)24(26)16-4-3-5-16/h6-14H,3-5,26H2,1-2H3/b20-14+. The van der Waals surface area contributed by atoms with E-state index >= 15 is 0 Å². The lowest BCUT2D eigenvalue weighted by Crippen LogP contribution is -2.10.